The minimum atomic E-state index is 0.336. The smallest absolute Gasteiger partial charge is 0.162 e. The van der Waals surface area contributed by atoms with E-state index in [0.717, 1.165) is 22.7 Å². The lowest BCUT2D eigenvalue weighted by molar-refractivity contribution is 0.279. The van der Waals surface area contributed by atoms with Crippen molar-refractivity contribution in [2.45, 2.75) is 20.1 Å². The predicted molar refractivity (Wildman–Crippen MR) is 80.7 cm³/mol. The van der Waals surface area contributed by atoms with Gasteiger partial charge in [0.2, 0.25) is 0 Å². The molecule has 2 rings (SSSR count). The lowest BCUT2D eigenvalue weighted by Crippen LogP contribution is -2.03. The largest absolute Gasteiger partial charge is 0.497 e. The van der Waals surface area contributed by atoms with E-state index in [9.17, 15) is 0 Å². The minimum Gasteiger partial charge on any atom is -0.497 e. The molecule has 0 atom stereocenters. The fraction of sp³-hybridized carbons (Fsp3) is 0.312. The summed E-state index contributed by atoms with van der Waals surface area (Å²) in [5.41, 5.74) is 8.32. The molecule has 1 heterocycles. The molecule has 0 saturated heterocycles. The molecule has 0 aliphatic rings. The van der Waals surface area contributed by atoms with Gasteiger partial charge in [0.1, 0.15) is 12.4 Å². The molecule has 0 unspecified atom stereocenters. The maximum Gasteiger partial charge on any atom is 0.162 e. The van der Waals surface area contributed by atoms with Gasteiger partial charge >= 0.3 is 0 Å². The number of benzene rings is 1. The Morgan fingerprint density at radius 1 is 1.05 bits per heavy atom. The van der Waals surface area contributed by atoms with Crippen LogP contribution in [0.25, 0.3) is 0 Å². The molecule has 112 valence electrons. The van der Waals surface area contributed by atoms with Crippen LogP contribution in [0.3, 0.4) is 0 Å². The summed E-state index contributed by atoms with van der Waals surface area (Å²) in [7, 11) is 3.24. The molecule has 21 heavy (non-hydrogen) atoms. The third-order valence-corrected chi connectivity index (χ3v) is 3.05. The molecule has 0 aliphatic carbocycles. The van der Waals surface area contributed by atoms with Crippen LogP contribution >= 0.6 is 0 Å². The Labute approximate surface area is 124 Å². The second kappa shape index (κ2) is 6.95. The topological polar surface area (TPSA) is 66.6 Å². The molecular weight excluding hydrogens is 268 g/mol. The first kappa shape index (κ1) is 15.1. The Morgan fingerprint density at radius 3 is 2.52 bits per heavy atom. The van der Waals surface area contributed by atoms with E-state index < -0.39 is 0 Å². The lowest BCUT2D eigenvalue weighted by Gasteiger charge is -2.12. The number of hydrogen-bond acceptors (Lipinski definition) is 5. The number of pyridine rings is 1. The van der Waals surface area contributed by atoms with Crippen LogP contribution in [0.2, 0.25) is 0 Å². The van der Waals surface area contributed by atoms with E-state index in [1.807, 2.05) is 37.3 Å². The summed E-state index contributed by atoms with van der Waals surface area (Å²) in [4.78, 5) is 4.42. The quantitative estimate of drug-likeness (QED) is 0.884. The predicted octanol–water partition coefficient (Wildman–Crippen LogP) is 2.44. The van der Waals surface area contributed by atoms with Crippen molar-refractivity contribution in [2.75, 3.05) is 14.2 Å². The Kier molecular flexibility index (Phi) is 5.00. The average molecular weight is 288 g/mol. The van der Waals surface area contributed by atoms with Gasteiger partial charge in [-0.2, -0.15) is 0 Å². The van der Waals surface area contributed by atoms with E-state index in [2.05, 4.69) is 4.98 Å². The van der Waals surface area contributed by atoms with Gasteiger partial charge in [0.05, 0.1) is 19.9 Å². The fourth-order valence-electron chi connectivity index (χ4n) is 2.01. The van der Waals surface area contributed by atoms with Gasteiger partial charge in [0.25, 0.3) is 0 Å². The number of rotatable bonds is 6. The van der Waals surface area contributed by atoms with Gasteiger partial charge in [-0.1, -0.05) is 6.07 Å². The zero-order valence-electron chi connectivity index (χ0n) is 12.6. The van der Waals surface area contributed by atoms with Crippen molar-refractivity contribution in [1.29, 1.82) is 0 Å². The van der Waals surface area contributed by atoms with Crippen LogP contribution in [0, 0.1) is 6.92 Å². The van der Waals surface area contributed by atoms with Gasteiger partial charge in [-0.3, -0.25) is 4.98 Å². The van der Waals surface area contributed by atoms with Crippen molar-refractivity contribution in [3.05, 3.63) is 47.3 Å². The van der Waals surface area contributed by atoms with Gasteiger partial charge < -0.3 is 19.9 Å². The van der Waals surface area contributed by atoms with Crippen molar-refractivity contribution in [3.8, 4) is 17.2 Å². The van der Waals surface area contributed by atoms with Gasteiger partial charge in [-0.05, 0) is 24.6 Å². The van der Waals surface area contributed by atoms with Crippen molar-refractivity contribution >= 4 is 0 Å². The Balaban J connectivity index is 2.17. The number of hydrogen-bond donors (Lipinski definition) is 1. The molecule has 0 aliphatic heterocycles. The summed E-state index contributed by atoms with van der Waals surface area (Å²) in [5.74, 6) is 2.10. The molecule has 0 radical (unpaired) electrons. The van der Waals surface area contributed by atoms with Crippen molar-refractivity contribution in [3.63, 3.8) is 0 Å². The maximum atomic E-state index is 5.81. The Bertz CT molecular complexity index is 614. The van der Waals surface area contributed by atoms with E-state index in [1.54, 1.807) is 14.2 Å². The second-order valence-corrected chi connectivity index (χ2v) is 4.62. The molecule has 0 bridgehead atoms. The molecular formula is C16H20N2O3. The molecule has 5 nitrogen and oxygen atoms in total. The molecule has 0 spiro atoms. The highest BCUT2D eigenvalue weighted by molar-refractivity contribution is 5.43. The summed E-state index contributed by atoms with van der Waals surface area (Å²) < 4.78 is 16.3. The molecule has 2 aromatic rings. The first-order chi connectivity index (χ1) is 10.2. The third-order valence-electron chi connectivity index (χ3n) is 3.05. The highest BCUT2D eigenvalue weighted by Crippen LogP contribution is 2.28. The maximum absolute atomic E-state index is 5.81. The average Bonchev–Trinajstić information content (AvgIpc) is 2.51. The van der Waals surface area contributed by atoms with Crippen LogP contribution in [0.15, 0.2) is 30.3 Å². The first-order valence-corrected chi connectivity index (χ1v) is 6.67. The van der Waals surface area contributed by atoms with E-state index in [0.29, 0.717) is 24.7 Å². The van der Waals surface area contributed by atoms with Gasteiger partial charge in [-0.25, -0.2) is 0 Å². The van der Waals surface area contributed by atoms with E-state index in [-0.39, 0.29) is 0 Å². The van der Waals surface area contributed by atoms with Crippen molar-refractivity contribution in [1.82, 2.24) is 4.98 Å². The zero-order chi connectivity index (χ0) is 15.2. The number of aryl methyl sites for hydroxylation is 1. The molecule has 0 amide bonds. The first-order valence-electron chi connectivity index (χ1n) is 6.67. The lowest BCUT2D eigenvalue weighted by atomic mass is 10.2. The van der Waals surface area contributed by atoms with Crippen LogP contribution in [0.4, 0.5) is 0 Å². The molecule has 0 fully saturated rings. The van der Waals surface area contributed by atoms with E-state index >= 15 is 0 Å². The Morgan fingerprint density at radius 2 is 1.86 bits per heavy atom. The van der Waals surface area contributed by atoms with E-state index in [4.69, 9.17) is 19.9 Å². The van der Waals surface area contributed by atoms with Crippen LogP contribution in [-0.2, 0) is 13.2 Å². The van der Waals surface area contributed by atoms with Crippen LogP contribution in [0.5, 0.6) is 17.2 Å². The van der Waals surface area contributed by atoms with Gasteiger partial charge in [0.15, 0.2) is 11.5 Å². The molecule has 1 aromatic heterocycles. The molecule has 1 aromatic carbocycles. The zero-order valence-corrected chi connectivity index (χ0v) is 12.6. The van der Waals surface area contributed by atoms with Crippen LogP contribution < -0.4 is 19.9 Å². The normalized spacial score (nSPS) is 10.3. The number of nitrogens with zero attached hydrogens (tertiary/aromatic N) is 1. The van der Waals surface area contributed by atoms with E-state index in [1.165, 1.54) is 0 Å². The summed E-state index contributed by atoms with van der Waals surface area (Å²) in [6, 6.07) is 9.37. The number of methoxy groups -OCH3 is 2. The minimum absolute atomic E-state index is 0.336. The molecule has 0 saturated carbocycles. The fourth-order valence-corrected chi connectivity index (χ4v) is 2.01. The summed E-state index contributed by atoms with van der Waals surface area (Å²) in [5, 5.41) is 0. The number of ether oxygens (including phenoxy) is 3. The van der Waals surface area contributed by atoms with Crippen molar-refractivity contribution < 1.29 is 14.2 Å². The van der Waals surface area contributed by atoms with Crippen LogP contribution in [0.1, 0.15) is 17.0 Å². The molecule has 2 N–H and O–H groups in total. The monoisotopic (exact) mass is 288 g/mol. The number of aromatic nitrogens is 1. The third kappa shape index (κ3) is 3.86. The Hall–Kier alpha value is -2.27. The summed E-state index contributed by atoms with van der Waals surface area (Å²) in [6.45, 7) is 2.71. The number of nitrogens with two attached hydrogens (primary N) is 1. The van der Waals surface area contributed by atoms with Gasteiger partial charge in [-0.15, -0.1) is 0 Å². The summed E-state index contributed by atoms with van der Waals surface area (Å²) in [6.07, 6.45) is 0. The van der Waals surface area contributed by atoms with Crippen LogP contribution in [-0.4, -0.2) is 19.2 Å². The van der Waals surface area contributed by atoms with Gasteiger partial charge in [0, 0.05) is 24.4 Å². The molecule has 5 heteroatoms. The summed E-state index contributed by atoms with van der Waals surface area (Å²) >= 11 is 0. The highest BCUT2D eigenvalue weighted by atomic mass is 16.5. The standard InChI is InChI=1S/C16H20N2O3/c1-11-6-14(19-2)8-13(18-11)10-21-16-7-12(9-17)4-5-15(16)20-3/h4-8H,9-10,17H2,1-3H3. The van der Waals surface area contributed by atoms with Crippen molar-refractivity contribution in [2.24, 2.45) is 5.73 Å². The second-order valence-electron chi connectivity index (χ2n) is 4.62. The highest BCUT2D eigenvalue weighted by Gasteiger charge is 2.07. The SMILES string of the molecule is COc1cc(C)nc(COc2cc(CN)ccc2OC)c1.